The normalized spacial score (nSPS) is 16.4. The monoisotopic (exact) mass is 362 g/mol. The van der Waals surface area contributed by atoms with Crippen LogP contribution in [0.1, 0.15) is 40.9 Å². The summed E-state index contributed by atoms with van der Waals surface area (Å²) in [7, 11) is 0. The quantitative estimate of drug-likeness (QED) is 0.663. The molecule has 2 heterocycles. The van der Waals surface area contributed by atoms with E-state index >= 15 is 0 Å². The second-order valence-electron chi connectivity index (χ2n) is 7.35. The zero-order valence-corrected chi connectivity index (χ0v) is 15.9. The van der Waals surface area contributed by atoms with Gasteiger partial charge in [-0.1, -0.05) is 24.3 Å². The lowest BCUT2D eigenvalue weighted by molar-refractivity contribution is -0.133. The second kappa shape index (κ2) is 6.76. The Balaban J connectivity index is 1.64. The van der Waals surface area contributed by atoms with E-state index in [-0.39, 0.29) is 17.8 Å². The maximum Gasteiger partial charge on any atom is 0.227 e. The molecule has 138 valence electrons. The number of hydrogen-bond donors (Lipinski definition) is 0. The lowest BCUT2D eigenvalue weighted by Crippen LogP contribution is -2.40. The molecule has 1 aromatic heterocycles. The molecule has 27 heavy (non-hydrogen) atoms. The number of aromatic nitrogens is 1. The van der Waals surface area contributed by atoms with Crippen LogP contribution in [0.4, 0.5) is 4.39 Å². The number of amides is 1. The van der Waals surface area contributed by atoms with Gasteiger partial charge in [-0.25, -0.2) is 4.39 Å². The largest absolute Gasteiger partial charge is 0.335 e. The van der Waals surface area contributed by atoms with Crippen molar-refractivity contribution in [1.82, 2.24) is 9.88 Å². The van der Waals surface area contributed by atoms with Gasteiger partial charge in [0.1, 0.15) is 5.82 Å². The highest BCUT2D eigenvalue weighted by molar-refractivity contribution is 5.86. The van der Waals surface area contributed by atoms with Gasteiger partial charge in [0.15, 0.2) is 0 Å². The predicted octanol–water partition coefficient (Wildman–Crippen LogP) is 4.68. The number of halogens is 1. The van der Waals surface area contributed by atoms with E-state index in [1.165, 1.54) is 6.07 Å². The van der Waals surface area contributed by atoms with E-state index in [9.17, 15) is 9.18 Å². The van der Waals surface area contributed by atoms with Gasteiger partial charge < -0.3 is 4.90 Å². The number of carbonyl (C=O) groups excluding carboxylic acids is 1. The van der Waals surface area contributed by atoms with Crippen LogP contribution in [-0.2, 0) is 17.6 Å². The lowest BCUT2D eigenvalue weighted by Gasteiger charge is -2.35. The van der Waals surface area contributed by atoms with Crippen molar-refractivity contribution in [2.45, 2.75) is 39.7 Å². The summed E-state index contributed by atoms with van der Waals surface area (Å²) in [6.07, 6.45) is 1.09. The summed E-state index contributed by atoms with van der Waals surface area (Å²) < 4.78 is 13.7. The molecular formula is C23H23FN2O. The van der Waals surface area contributed by atoms with Gasteiger partial charge >= 0.3 is 0 Å². The van der Waals surface area contributed by atoms with Crippen LogP contribution in [0.3, 0.4) is 0 Å². The Morgan fingerprint density at radius 3 is 2.81 bits per heavy atom. The van der Waals surface area contributed by atoms with E-state index in [1.807, 2.05) is 49.1 Å². The first-order chi connectivity index (χ1) is 13.0. The minimum Gasteiger partial charge on any atom is -0.335 e. The molecule has 0 N–H and O–H groups in total. The molecule has 1 aliphatic heterocycles. The number of rotatable bonds is 2. The molecule has 0 saturated carbocycles. The van der Waals surface area contributed by atoms with Crippen molar-refractivity contribution in [3.63, 3.8) is 0 Å². The number of aryl methyl sites for hydroxylation is 2. The molecule has 4 rings (SSSR count). The van der Waals surface area contributed by atoms with Gasteiger partial charge in [-0.2, -0.15) is 0 Å². The molecule has 3 nitrogen and oxygen atoms in total. The van der Waals surface area contributed by atoms with E-state index in [0.29, 0.717) is 13.0 Å². The number of hydrogen-bond acceptors (Lipinski definition) is 2. The van der Waals surface area contributed by atoms with Gasteiger partial charge in [-0.3, -0.25) is 9.78 Å². The number of nitrogens with zero attached hydrogens (tertiary/aromatic N) is 2. The van der Waals surface area contributed by atoms with E-state index in [0.717, 1.165) is 45.3 Å². The number of pyridine rings is 1. The topological polar surface area (TPSA) is 33.2 Å². The molecule has 0 bridgehead atoms. The third-order valence-electron chi connectivity index (χ3n) is 5.78. The highest BCUT2D eigenvalue weighted by Gasteiger charge is 2.28. The van der Waals surface area contributed by atoms with Crippen molar-refractivity contribution < 1.29 is 9.18 Å². The van der Waals surface area contributed by atoms with E-state index in [2.05, 4.69) is 11.9 Å². The fraction of sp³-hybridized carbons (Fsp3) is 0.304. The molecule has 0 aliphatic carbocycles. The number of benzene rings is 2. The fourth-order valence-electron chi connectivity index (χ4n) is 4.21. The molecular weight excluding hydrogens is 339 g/mol. The molecule has 3 aromatic rings. The zero-order valence-electron chi connectivity index (χ0n) is 15.9. The van der Waals surface area contributed by atoms with Gasteiger partial charge in [-0.05, 0) is 67.6 Å². The van der Waals surface area contributed by atoms with Gasteiger partial charge in [0.2, 0.25) is 5.91 Å². The molecule has 0 radical (unpaired) electrons. The first-order valence-corrected chi connectivity index (χ1v) is 9.38. The molecule has 1 atom stereocenters. The van der Waals surface area contributed by atoms with Crippen LogP contribution in [0.2, 0.25) is 0 Å². The third-order valence-corrected chi connectivity index (χ3v) is 5.78. The minimum absolute atomic E-state index is 0.0701. The van der Waals surface area contributed by atoms with Crippen LogP contribution >= 0.6 is 0 Å². The summed E-state index contributed by atoms with van der Waals surface area (Å²) in [5.74, 6) is -0.180. The Morgan fingerprint density at radius 2 is 2.00 bits per heavy atom. The number of para-hydroxylation sites is 1. The first-order valence-electron chi connectivity index (χ1n) is 9.38. The van der Waals surface area contributed by atoms with Crippen LogP contribution in [0.15, 0.2) is 42.5 Å². The van der Waals surface area contributed by atoms with E-state index in [4.69, 9.17) is 0 Å². The average molecular weight is 362 g/mol. The number of carbonyl (C=O) groups is 1. The highest BCUT2D eigenvalue weighted by Crippen LogP contribution is 2.31. The van der Waals surface area contributed by atoms with Crippen LogP contribution in [0.5, 0.6) is 0 Å². The summed E-state index contributed by atoms with van der Waals surface area (Å²) >= 11 is 0. The van der Waals surface area contributed by atoms with Crippen LogP contribution in [0.25, 0.3) is 10.9 Å². The Morgan fingerprint density at radius 1 is 1.22 bits per heavy atom. The van der Waals surface area contributed by atoms with E-state index in [1.54, 1.807) is 6.07 Å². The summed E-state index contributed by atoms with van der Waals surface area (Å²) in [4.78, 5) is 19.7. The maximum atomic E-state index is 13.7. The molecule has 0 saturated heterocycles. The van der Waals surface area contributed by atoms with Crippen molar-refractivity contribution in [2.24, 2.45) is 0 Å². The summed E-state index contributed by atoms with van der Waals surface area (Å²) in [5.41, 5.74) is 6.01. The van der Waals surface area contributed by atoms with E-state index < -0.39 is 0 Å². The van der Waals surface area contributed by atoms with Gasteiger partial charge in [0.05, 0.1) is 18.0 Å². The lowest BCUT2D eigenvalue weighted by atomic mass is 9.92. The highest BCUT2D eigenvalue weighted by atomic mass is 19.1. The smallest absolute Gasteiger partial charge is 0.227 e. The Bertz CT molecular complexity index is 1040. The predicted molar refractivity (Wildman–Crippen MR) is 105 cm³/mol. The number of fused-ring (bicyclic) bond motifs is 2. The molecule has 1 amide bonds. The Kier molecular flexibility index (Phi) is 4.42. The van der Waals surface area contributed by atoms with Crippen molar-refractivity contribution in [2.75, 3.05) is 6.54 Å². The summed E-state index contributed by atoms with van der Waals surface area (Å²) in [6, 6.07) is 12.8. The van der Waals surface area contributed by atoms with Gasteiger partial charge in [0.25, 0.3) is 0 Å². The minimum atomic E-state index is -0.250. The van der Waals surface area contributed by atoms with Crippen molar-refractivity contribution in [3.8, 4) is 0 Å². The molecule has 1 unspecified atom stereocenters. The van der Waals surface area contributed by atoms with Crippen molar-refractivity contribution in [3.05, 3.63) is 76.2 Å². The van der Waals surface area contributed by atoms with Crippen LogP contribution < -0.4 is 0 Å². The summed E-state index contributed by atoms with van der Waals surface area (Å²) in [5, 5.41) is 1.09. The zero-order chi connectivity index (χ0) is 19.1. The summed E-state index contributed by atoms with van der Waals surface area (Å²) in [6.45, 7) is 6.67. The van der Waals surface area contributed by atoms with Crippen LogP contribution in [-0.4, -0.2) is 22.3 Å². The standard InChI is InChI=1S/C23H23FN2O/c1-14-19-6-4-5-7-22(19)25-15(2)20(14)13-23(27)26-11-10-17-8-9-18(24)12-21(17)16(26)3/h4-9,12,16H,10-11,13H2,1-3H3. The molecule has 4 heteroatoms. The van der Waals surface area contributed by atoms with Gasteiger partial charge in [0, 0.05) is 17.6 Å². The first kappa shape index (κ1) is 17.7. The van der Waals surface area contributed by atoms with Gasteiger partial charge in [-0.15, -0.1) is 0 Å². The molecule has 1 aliphatic rings. The molecule has 2 aromatic carbocycles. The van der Waals surface area contributed by atoms with Crippen molar-refractivity contribution in [1.29, 1.82) is 0 Å². The van der Waals surface area contributed by atoms with Crippen LogP contribution in [0, 0.1) is 19.7 Å². The second-order valence-corrected chi connectivity index (χ2v) is 7.35. The maximum absolute atomic E-state index is 13.7. The Labute approximate surface area is 158 Å². The molecule has 0 fully saturated rings. The SMILES string of the molecule is Cc1nc2ccccc2c(C)c1CC(=O)N1CCc2ccc(F)cc2C1C. The third kappa shape index (κ3) is 3.09. The molecule has 0 spiro atoms. The average Bonchev–Trinajstić information content (AvgIpc) is 2.65. The van der Waals surface area contributed by atoms with Crippen molar-refractivity contribution >= 4 is 16.8 Å². The fourth-order valence-corrected chi connectivity index (χ4v) is 4.21. The Hall–Kier alpha value is -2.75.